The Hall–Kier alpha value is -3.08. The molecule has 0 spiro atoms. The van der Waals surface area contributed by atoms with E-state index in [2.05, 4.69) is 58.7 Å². The van der Waals surface area contributed by atoms with E-state index < -0.39 is 0 Å². The van der Waals surface area contributed by atoms with Gasteiger partial charge in [-0.2, -0.15) is 4.98 Å². The number of hydrogen-bond donors (Lipinski definition) is 2. The van der Waals surface area contributed by atoms with Gasteiger partial charge >= 0.3 is 0 Å². The lowest BCUT2D eigenvalue weighted by molar-refractivity contribution is 0.410. The standard InChI is InChI=1S/C22H26N4O/c1-15-9-10-19(16(2)13-15)25-22-24-17(3)14-21(26-22)23-12-11-18-7-5-6-8-20(18)27-4/h5-10,13-14H,11-12H2,1-4H3,(H2,23,24,25,26). The summed E-state index contributed by atoms with van der Waals surface area (Å²) < 4.78 is 5.41. The van der Waals surface area contributed by atoms with Crippen molar-refractivity contribution in [3.63, 3.8) is 0 Å². The smallest absolute Gasteiger partial charge is 0.229 e. The minimum absolute atomic E-state index is 0.599. The molecule has 5 nitrogen and oxygen atoms in total. The normalized spacial score (nSPS) is 10.5. The minimum Gasteiger partial charge on any atom is -0.496 e. The highest BCUT2D eigenvalue weighted by Gasteiger charge is 2.06. The van der Waals surface area contributed by atoms with Gasteiger partial charge in [0.2, 0.25) is 5.95 Å². The van der Waals surface area contributed by atoms with Crippen LogP contribution in [0, 0.1) is 20.8 Å². The van der Waals surface area contributed by atoms with E-state index in [1.165, 1.54) is 16.7 Å². The van der Waals surface area contributed by atoms with Crippen molar-refractivity contribution in [3.05, 3.63) is 70.9 Å². The fraction of sp³-hybridized carbons (Fsp3) is 0.273. The van der Waals surface area contributed by atoms with Gasteiger partial charge < -0.3 is 15.4 Å². The van der Waals surface area contributed by atoms with Gasteiger partial charge in [-0.3, -0.25) is 0 Å². The molecule has 2 N–H and O–H groups in total. The van der Waals surface area contributed by atoms with Crippen molar-refractivity contribution in [2.75, 3.05) is 24.3 Å². The third-order valence-electron chi connectivity index (χ3n) is 4.38. The van der Waals surface area contributed by atoms with E-state index >= 15 is 0 Å². The van der Waals surface area contributed by atoms with Crippen molar-refractivity contribution in [2.24, 2.45) is 0 Å². The van der Waals surface area contributed by atoms with Crippen molar-refractivity contribution in [1.29, 1.82) is 0 Å². The highest BCUT2D eigenvalue weighted by atomic mass is 16.5. The number of nitrogens with zero attached hydrogens (tertiary/aromatic N) is 2. The quantitative estimate of drug-likeness (QED) is 0.632. The third kappa shape index (κ3) is 4.97. The molecule has 27 heavy (non-hydrogen) atoms. The van der Waals surface area contributed by atoms with Crippen LogP contribution >= 0.6 is 0 Å². The number of rotatable bonds is 7. The lowest BCUT2D eigenvalue weighted by Gasteiger charge is -2.12. The number of hydrogen-bond acceptors (Lipinski definition) is 5. The Morgan fingerprint density at radius 2 is 1.78 bits per heavy atom. The van der Waals surface area contributed by atoms with Crippen LogP contribution in [0.5, 0.6) is 5.75 Å². The van der Waals surface area contributed by atoms with E-state index in [9.17, 15) is 0 Å². The molecule has 3 rings (SSSR count). The Bertz CT molecular complexity index is 924. The Labute approximate surface area is 160 Å². The number of nitrogens with one attached hydrogen (secondary N) is 2. The molecule has 0 saturated heterocycles. The Morgan fingerprint density at radius 3 is 2.56 bits per heavy atom. The van der Waals surface area contributed by atoms with Gasteiger partial charge in [0.1, 0.15) is 11.6 Å². The molecule has 0 bridgehead atoms. The molecule has 5 heteroatoms. The van der Waals surface area contributed by atoms with Crippen molar-refractivity contribution in [3.8, 4) is 5.75 Å². The number of benzene rings is 2. The Kier molecular flexibility index (Phi) is 5.91. The van der Waals surface area contributed by atoms with E-state index in [0.29, 0.717) is 5.95 Å². The number of aromatic nitrogens is 2. The van der Waals surface area contributed by atoms with Crippen molar-refractivity contribution in [2.45, 2.75) is 27.2 Å². The predicted octanol–water partition coefficient (Wildman–Crippen LogP) is 4.81. The van der Waals surface area contributed by atoms with Crippen LogP contribution in [0.4, 0.5) is 17.5 Å². The van der Waals surface area contributed by atoms with E-state index in [1.54, 1.807) is 7.11 Å². The summed E-state index contributed by atoms with van der Waals surface area (Å²) in [5.74, 6) is 2.32. The molecule has 2 aromatic carbocycles. The van der Waals surface area contributed by atoms with Gasteiger partial charge in [-0.1, -0.05) is 35.9 Å². The molecule has 0 fully saturated rings. The largest absolute Gasteiger partial charge is 0.496 e. The fourth-order valence-corrected chi connectivity index (χ4v) is 3.02. The first-order chi connectivity index (χ1) is 13.0. The van der Waals surface area contributed by atoms with Crippen LogP contribution in [-0.4, -0.2) is 23.6 Å². The highest BCUT2D eigenvalue weighted by molar-refractivity contribution is 5.60. The highest BCUT2D eigenvalue weighted by Crippen LogP contribution is 2.21. The summed E-state index contributed by atoms with van der Waals surface area (Å²) in [6, 6.07) is 16.3. The molecule has 1 aromatic heterocycles. The maximum Gasteiger partial charge on any atom is 0.229 e. The summed E-state index contributed by atoms with van der Waals surface area (Å²) in [4.78, 5) is 9.11. The number of anilines is 3. The summed E-state index contributed by atoms with van der Waals surface area (Å²) in [6.07, 6.45) is 0.854. The summed E-state index contributed by atoms with van der Waals surface area (Å²) in [6.45, 7) is 6.90. The number of para-hydroxylation sites is 1. The first-order valence-corrected chi connectivity index (χ1v) is 9.11. The van der Waals surface area contributed by atoms with Crippen LogP contribution in [0.1, 0.15) is 22.4 Å². The lowest BCUT2D eigenvalue weighted by Crippen LogP contribution is -2.09. The van der Waals surface area contributed by atoms with Crippen LogP contribution in [0.2, 0.25) is 0 Å². The van der Waals surface area contributed by atoms with Crippen molar-refractivity contribution < 1.29 is 4.74 Å². The summed E-state index contributed by atoms with van der Waals surface area (Å²) in [7, 11) is 1.70. The lowest BCUT2D eigenvalue weighted by atomic mass is 10.1. The molecule has 0 atom stereocenters. The fourth-order valence-electron chi connectivity index (χ4n) is 3.02. The first-order valence-electron chi connectivity index (χ1n) is 9.11. The molecule has 140 valence electrons. The molecule has 3 aromatic rings. The first kappa shape index (κ1) is 18.7. The predicted molar refractivity (Wildman–Crippen MR) is 111 cm³/mol. The van der Waals surface area contributed by atoms with Crippen molar-refractivity contribution >= 4 is 17.5 Å². The molecular weight excluding hydrogens is 336 g/mol. The van der Waals surface area contributed by atoms with Gasteiger partial charge in [-0.25, -0.2) is 4.98 Å². The molecule has 0 amide bonds. The second kappa shape index (κ2) is 8.54. The summed E-state index contributed by atoms with van der Waals surface area (Å²) >= 11 is 0. The van der Waals surface area contributed by atoms with Crippen molar-refractivity contribution in [1.82, 2.24) is 9.97 Å². The van der Waals surface area contributed by atoms with Gasteiger partial charge in [0.15, 0.2) is 0 Å². The molecule has 0 radical (unpaired) electrons. The zero-order valence-electron chi connectivity index (χ0n) is 16.3. The van der Waals surface area contributed by atoms with Crippen LogP contribution in [-0.2, 0) is 6.42 Å². The van der Waals surface area contributed by atoms with Gasteiger partial charge in [0, 0.05) is 24.0 Å². The Morgan fingerprint density at radius 1 is 0.963 bits per heavy atom. The topological polar surface area (TPSA) is 59.1 Å². The molecule has 0 aliphatic heterocycles. The zero-order chi connectivity index (χ0) is 19.2. The summed E-state index contributed by atoms with van der Waals surface area (Å²) in [5.41, 5.74) is 5.52. The van der Waals surface area contributed by atoms with E-state index in [1.807, 2.05) is 31.2 Å². The van der Waals surface area contributed by atoms with Crippen LogP contribution in [0.3, 0.4) is 0 Å². The van der Waals surface area contributed by atoms with Gasteiger partial charge in [-0.05, 0) is 50.5 Å². The SMILES string of the molecule is COc1ccccc1CCNc1cc(C)nc(Nc2ccc(C)cc2C)n1. The molecule has 1 heterocycles. The van der Waals surface area contributed by atoms with Gasteiger partial charge in [0.25, 0.3) is 0 Å². The van der Waals surface area contributed by atoms with Crippen LogP contribution < -0.4 is 15.4 Å². The summed E-state index contributed by atoms with van der Waals surface area (Å²) in [5, 5.41) is 6.71. The third-order valence-corrected chi connectivity index (χ3v) is 4.38. The minimum atomic E-state index is 0.599. The van der Waals surface area contributed by atoms with Crippen LogP contribution in [0.25, 0.3) is 0 Å². The molecule has 0 unspecified atom stereocenters. The second-order valence-corrected chi connectivity index (χ2v) is 6.65. The molecule has 0 aliphatic rings. The van der Waals surface area contributed by atoms with Gasteiger partial charge in [0.05, 0.1) is 7.11 Å². The van der Waals surface area contributed by atoms with Crippen LogP contribution in [0.15, 0.2) is 48.5 Å². The second-order valence-electron chi connectivity index (χ2n) is 6.65. The molecule has 0 saturated carbocycles. The van der Waals surface area contributed by atoms with E-state index in [4.69, 9.17) is 4.74 Å². The average Bonchev–Trinajstić information content (AvgIpc) is 2.64. The maximum atomic E-state index is 5.41. The monoisotopic (exact) mass is 362 g/mol. The number of ether oxygens (including phenoxy) is 1. The van der Waals surface area contributed by atoms with E-state index in [-0.39, 0.29) is 0 Å². The number of methoxy groups -OCH3 is 1. The van der Waals surface area contributed by atoms with Gasteiger partial charge in [-0.15, -0.1) is 0 Å². The van der Waals surface area contributed by atoms with E-state index in [0.717, 1.165) is 35.9 Å². The Balaban J connectivity index is 1.68. The molecular formula is C22H26N4O. The maximum absolute atomic E-state index is 5.41. The number of aryl methyl sites for hydroxylation is 3. The molecule has 0 aliphatic carbocycles. The zero-order valence-corrected chi connectivity index (χ0v) is 16.3. The average molecular weight is 362 g/mol.